The highest BCUT2D eigenvalue weighted by Gasteiger charge is 2.16. The fourth-order valence-corrected chi connectivity index (χ4v) is 1.51. The van der Waals surface area contributed by atoms with Crippen molar-refractivity contribution in [2.75, 3.05) is 7.11 Å². The van der Waals surface area contributed by atoms with Gasteiger partial charge in [-0.1, -0.05) is 0 Å². The number of nitrogens with one attached hydrogen (secondary N) is 1. The molecule has 0 bridgehead atoms. The van der Waals surface area contributed by atoms with E-state index in [1.54, 1.807) is 0 Å². The Morgan fingerprint density at radius 2 is 2.29 bits per heavy atom. The van der Waals surface area contributed by atoms with Gasteiger partial charge in [0.1, 0.15) is 0 Å². The summed E-state index contributed by atoms with van der Waals surface area (Å²) in [4.78, 5) is 0. The lowest BCUT2D eigenvalue weighted by Gasteiger charge is -2.10. The molecule has 0 aliphatic heterocycles. The molecule has 4 nitrogen and oxygen atoms in total. The Kier molecular flexibility index (Phi) is 3.68. The summed E-state index contributed by atoms with van der Waals surface area (Å²) in [5, 5.41) is 17.9. The molecular weight excluding hydrogens is 257 g/mol. The van der Waals surface area contributed by atoms with Crippen molar-refractivity contribution in [1.82, 2.24) is 5.48 Å². The van der Waals surface area contributed by atoms with E-state index in [4.69, 9.17) is 5.21 Å². The first-order valence-electron chi connectivity index (χ1n) is 3.72. The van der Waals surface area contributed by atoms with Gasteiger partial charge in [0.05, 0.1) is 11.6 Å². The third-order valence-electron chi connectivity index (χ3n) is 1.70. The molecule has 1 rings (SSSR count). The van der Waals surface area contributed by atoms with Gasteiger partial charge in [-0.2, -0.15) is 0 Å². The largest absolute Gasteiger partial charge is 0.504 e. The lowest BCUT2D eigenvalue weighted by atomic mass is 10.2. The van der Waals surface area contributed by atoms with Gasteiger partial charge in [-0.15, -0.1) is 0 Å². The summed E-state index contributed by atoms with van der Waals surface area (Å²) in [6, 6.07) is 1.36. The number of benzene rings is 1. The van der Waals surface area contributed by atoms with Gasteiger partial charge in [0.2, 0.25) is 0 Å². The second-order valence-electron chi connectivity index (χ2n) is 2.55. The first-order valence-corrected chi connectivity index (χ1v) is 4.52. The van der Waals surface area contributed by atoms with Crippen molar-refractivity contribution in [3.05, 3.63) is 21.9 Å². The zero-order valence-corrected chi connectivity index (χ0v) is 8.93. The van der Waals surface area contributed by atoms with E-state index in [0.29, 0.717) is 5.56 Å². The van der Waals surface area contributed by atoms with E-state index in [1.807, 2.05) is 5.48 Å². The topological polar surface area (TPSA) is 61.7 Å². The number of halogens is 2. The van der Waals surface area contributed by atoms with Crippen LogP contribution >= 0.6 is 15.9 Å². The molecule has 0 aliphatic rings. The second kappa shape index (κ2) is 4.59. The van der Waals surface area contributed by atoms with Crippen LogP contribution in [-0.2, 0) is 6.54 Å². The highest BCUT2D eigenvalue weighted by Crippen LogP contribution is 2.37. The van der Waals surface area contributed by atoms with Crippen LogP contribution in [0.15, 0.2) is 10.5 Å². The quantitative estimate of drug-likeness (QED) is 0.730. The van der Waals surface area contributed by atoms with Gasteiger partial charge in [0, 0.05) is 12.1 Å². The van der Waals surface area contributed by atoms with E-state index < -0.39 is 5.82 Å². The SMILES string of the molecule is COc1c(O)c(CNO)cc(Br)c1F. The minimum absolute atomic E-state index is 0.00106. The Morgan fingerprint density at radius 1 is 1.64 bits per heavy atom. The Balaban J connectivity index is 3.27. The molecule has 0 saturated heterocycles. The van der Waals surface area contributed by atoms with Crippen molar-refractivity contribution in [3.8, 4) is 11.5 Å². The minimum atomic E-state index is -0.674. The predicted molar refractivity (Wildman–Crippen MR) is 50.9 cm³/mol. The predicted octanol–water partition coefficient (Wildman–Crippen LogP) is 1.78. The molecule has 0 atom stereocenters. The first kappa shape index (κ1) is 11.2. The third-order valence-corrected chi connectivity index (χ3v) is 2.28. The number of aromatic hydroxyl groups is 1. The fourth-order valence-electron chi connectivity index (χ4n) is 1.05. The Bertz CT molecular complexity index is 346. The number of hydroxylamine groups is 1. The number of hydrogen-bond acceptors (Lipinski definition) is 4. The van der Waals surface area contributed by atoms with Crippen molar-refractivity contribution in [1.29, 1.82) is 0 Å². The Morgan fingerprint density at radius 3 is 2.79 bits per heavy atom. The molecule has 6 heteroatoms. The normalized spacial score (nSPS) is 10.3. The van der Waals surface area contributed by atoms with Crippen LogP contribution in [0.1, 0.15) is 5.56 Å². The number of phenols is 1. The van der Waals surface area contributed by atoms with Gasteiger partial charge in [0.15, 0.2) is 17.3 Å². The van der Waals surface area contributed by atoms with Crippen LogP contribution in [0.4, 0.5) is 4.39 Å². The number of ether oxygens (including phenoxy) is 1. The molecule has 78 valence electrons. The molecule has 3 N–H and O–H groups in total. The zero-order chi connectivity index (χ0) is 10.7. The van der Waals surface area contributed by atoms with Crippen LogP contribution < -0.4 is 10.2 Å². The average molecular weight is 266 g/mol. The van der Waals surface area contributed by atoms with Gasteiger partial charge < -0.3 is 15.1 Å². The lowest BCUT2D eigenvalue weighted by Crippen LogP contribution is -2.07. The van der Waals surface area contributed by atoms with Crippen LogP contribution in [0, 0.1) is 5.82 Å². The monoisotopic (exact) mass is 265 g/mol. The number of methoxy groups -OCH3 is 1. The third kappa shape index (κ3) is 1.97. The summed E-state index contributed by atoms with van der Waals surface area (Å²) in [5.74, 6) is -1.24. The average Bonchev–Trinajstić information content (AvgIpc) is 2.16. The molecule has 0 saturated carbocycles. The second-order valence-corrected chi connectivity index (χ2v) is 3.40. The molecule has 0 fully saturated rings. The lowest BCUT2D eigenvalue weighted by molar-refractivity contribution is 0.160. The molecule has 0 spiro atoms. The summed E-state index contributed by atoms with van der Waals surface area (Å²) in [6.07, 6.45) is 0. The van der Waals surface area contributed by atoms with Crippen LogP contribution in [0.25, 0.3) is 0 Å². The molecule has 14 heavy (non-hydrogen) atoms. The van der Waals surface area contributed by atoms with Crippen molar-refractivity contribution in [2.24, 2.45) is 0 Å². The van der Waals surface area contributed by atoms with Gasteiger partial charge in [-0.3, -0.25) is 0 Å². The smallest absolute Gasteiger partial charge is 0.198 e. The maximum absolute atomic E-state index is 13.3. The summed E-state index contributed by atoms with van der Waals surface area (Å²) in [6.45, 7) is 0.00106. The molecule has 1 aromatic rings. The van der Waals surface area contributed by atoms with Gasteiger partial charge >= 0.3 is 0 Å². The molecule has 0 heterocycles. The van der Waals surface area contributed by atoms with Gasteiger partial charge in [-0.25, -0.2) is 9.87 Å². The molecule has 0 unspecified atom stereocenters. The summed E-state index contributed by atoms with van der Waals surface area (Å²) < 4.78 is 18.1. The zero-order valence-electron chi connectivity index (χ0n) is 7.34. The minimum Gasteiger partial charge on any atom is -0.504 e. The van der Waals surface area contributed by atoms with Gasteiger partial charge in [0.25, 0.3) is 0 Å². The maximum Gasteiger partial charge on any atom is 0.198 e. The highest BCUT2D eigenvalue weighted by molar-refractivity contribution is 9.10. The van der Waals surface area contributed by atoms with E-state index in [-0.39, 0.29) is 22.5 Å². The first-order chi connectivity index (χ1) is 6.61. The fraction of sp³-hybridized carbons (Fsp3) is 0.250. The molecule has 0 amide bonds. The van der Waals surface area contributed by atoms with E-state index in [9.17, 15) is 9.50 Å². The summed E-state index contributed by atoms with van der Waals surface area (Å²) in [7, 11) is 1.25. The van der Waals surface area contributed by atoms with Crippen molar-refractivity contribution in [2.45, 2.75) is 6.54 Å². The summed E-state index contributed by atoms with van der Waals surface area (Å²) >= 11 is 2.97. The Hall–Kier alpha value is -0.850. The molecule has 0 aromatic heterocycles. The molecular formula is C8H9BrFNO3. The molecule has 0 aliphatic carbocycles. The van der Waals surface area contributed by atoms with Gasteiger partial charge in [-0.05, 0) is 22.0 Å². The van der Waals surface area contributed by atoms with Crippen LogP contribution in [0.3, 0.4) is 0 Å². The number of rotatable bonds is 3. The molecule has 1 aromatic carbocycles. The van der Waals surface area contributed by atoms with Crippen LogP contribution in [0.2, 0.25) is 0 Å². The van der Waals surface area contributed by atoms with Crippen molar-refractivity contribution >= 4 is 15.9 Å². The van der Waals surface area contributed by atoms with Crippen LogP contribution in [0.5, 0.6) is 11.5 Å². The number of phenolic OH excluding ortho intramolecular Hbond substituents is 1. The summed E-state index contributed by atoms with van der Waals surface area (Å²) in [5.41, 5.74) is 2.20. The van der Waals surface area contributed by atoms with Crippen LogP contribution in [-0.4, -0.2) is 17.4 Å². The van der Waals surface area contributed by atoms with Crippen molar-refractivity contribution < 1.29 is 19.4 Å². The van der Waals surface area contributed by atoms with Crippen molar-refractivity contribution in [3.63, 3.8) is 0 Å². The maximum atomic E-state index is 13.3. The number of hydrogen-bond donors (Lipinski definition) is 3. The highest BCUT2D eigenvalue weighted by atomic mass is 79.9. The van der Waals surface area contributed by atoms with E-state index >= 15 is 0 Å². The van der Waals surface area contributed by atoms with E-state index in [1.165, 1.54) is 13.2 Å². The Labute approximate surface area is 88.4 Å². The molecule has 0 radical (unpaired) electrons. The van der Waals surface area contributed by atoms with E-state index in [2.05, 4.69) is 20.7 Å². The standard InChI is InChI=1S/C8H9BrFNO3/c1-14-8-6(10)5(9)2-4(3-11-13)7(8)12/h2,11-13H,3H2,1H3. The van der Waals surface area contributed by atoms with E-state index in [0.717, 1.165) is 0 Å².